The maximum absolute atomic E-state index is 12.9. The third-order valence-corrected chi connectivity index (χ3v) is 11.9. The van der Waals surface area contributed by atoms with Gasteiger partial charge in [0.15, 0.2) is 0 Å². The number of esters is 1. The zero-order valence-electron chi connectivity index (χ0n) is 25.6. The summed E-state index contributed by atoms with van der Waals surface area (Å²) < 4.78 is 6.11. The summed E-state index contributed by atoms with van der Waals surface area (Å²) in [7, 11) is 1.88. The van der Waals surface area contributed by atoms with Crippen molar-refractivity contribution in [3.05, 3.63) is 11.6 Å². The minimum absolute atomic E-state index is 0.0490. The lowest BCUT2D eigenvalue weighted by atomic mass is 9.47. The summed E-state index contributed by atoms with van der Waals surface area (Å²) >= 11 is 0. The molecule has 0 saturated heterocycles. The number of likely N-dealkylation sites (N-methyl/N-ethyl adjacent to an activating group) is 1. The quantitative estimate of drug-likeness (QED) is 0.235. The van der Waals surface area contributed by atoms with Crippen molar-refractivity contribution in [2.24, 2.45) is 52.3 Å². The highest BCUT2D eigenvalue weighted by Gasteiger charge is 2.59. The Hall–Kier alpha value is -0.830. The van der Waals surface area contributed by atoms with E-state index >= 15 is 0 Å². The summed E-state index contributed by atoms with van der Waals surface area (Å²) in [6.45, 7) is 16.9. The van der Waals surface area contributed by atoms with E-state index in [1.807, 2.05) is 7.05 Å². The number of hydrogen-bond donors (Lipinski definition) is 1. The van der Waals surface area contributed by atoms with Gasteiger partial charge in [0.05, 0.1) is 0 Å². The minimum Gasteiger partial charge on any atom is -0.461 e. The highest BCUT2D eigenvalue weighted by molar-refractivity contribution is 5.76. The van der Waals surface area contributed by atoms with Crippen LogP contribution in [0.4, 0.5) is 0 Å². The Morgan fingerprint density at radius 2 is 1.76 bits per heavy atom. The smallest absolute Gasteiger partial charge is 0.323 e. The number of rotatable bonds is 10. The molecule has 1 N–H and O–H groups in total. The summed E-state index contributed by atoms with van der Waals surface area (Å²) in [4.78, 5) is 12.9. The van der Waals surface area contributed by atoms with Gasteiger partial charge in [-0.2, -0.15) is 0 Å². The summed E-state index contributed by atoms with van der Waals surface area (Å²) in [5, 5.41) is 3.19. The predicted octanol–water partition coefficient (Wildman–Crippen LogP) is 8.57. The van der Waals surface area contributed by atoms with E-state index in [-0.39, 0.29) is 18.1 Å². The molecule has 0 amide bonds. The van der Waals surface area contributed by atoms with Crippen LogP contribution in [0.1, 0.15) is 126 Å². The fourth-order valence-corrected chi connectivity index (χ4v) is 9.80. The van der Waals surface area contributed by atoms with Gasteiger partial charge < -0.3 is 10.1 Å². The van der Waals surface area contributed by atoms with E-state index in [1.54, 1.807) is 5.57 Å². The number of fused-ring (bicyclic) bond motifs is 5. The van der Waals surface area contributed by atoms with Gasteiger partial charge in [-0.15, -0.1) is 0 Å². The average Bonchev–Trinajstić information content (AvgIpc) is 3.19. The molecule has 0 aliphatic heterocycles. The maximum atomic E-state index is 12.9. The van der Waals surface area contributed by atoms with Crippen LogP contribution in [-0.2, 0) is 9.53 Å². The van der Waals surface area contributed by atoms with E-state index in [0.717, 1.165) is 54.8 Å². The molecular weight excluding hydrogens is 454 g/mol. The maximum Gasteiger partial charge on any atom is 0.323 e. The zero-order valence-corrected chi connectivity index (χ0v) is 25.6. The first kappa shape index (κ1) is 29.2. The number of ether oxygens (including phenoxy) is 1. The van der Waals surface area contributed by atoms with Gasteiger partial charge in [-0.1, -0.05) is 79.4 Å². The van der Waals surface area contributed by atoms with Gasteiger partial charge in [0.1, 0.15) is 12.1 Å². The number of carbonyl (C=O) groups excluding carboxylic acids is 1. The number of carbonyl (C=O) groups is 1. The first-order valence-corrected chi connectivity index (χ1v) is 16.1. The number of hydrogen-bond acceptors (Lipinski definition) is 3. The molecule has 4 aliphatic carbocycles. The third kappa shape index (κ3) is 5.87. The van der Waals surface area contributed by atoms with Gasteiger partial charge in [-0.3, -0.25) is 4.79 Å². The topological polar surface area (TPSA) is 38.3 Å². The van der Waals surface area contributed by atoms with Crippen LogP contribution in [0.3, 0.4) is 0 Å². The molecule has 3 nitrogen and oxygen atoms in total. The lowest BCUT2D eigenvalue weighted by Gasteiger charge is -2.58. The molecule has 4 aliphatic rings. The van der Waals surface area contributed by atoms with Crippen molar-refractivity contribution in [1.82, 2.24) is 5.32 Å². The molecule has 3 heteroatoms. The molecule has 212 valence electrons. The Labute approximate surface area is 229 Å². The molecule has 1 unspecified atom stereocenters. The summed E-state index contributed by atoms with van der Waals surface area (Å²) in [6.07, 6.45) is 17.9. The normalized spacial score (nSPS) is 39.0. The highest BCUT2D eigenvalue weighted by atomic mass is 16.5. The molecule has 4 rings (SSSR count). The lowest BCUT2D eigenvalue weighted by molar-refractivity contribution is -0.154. The van der Waals surface area contributed by atoms with Crippen molar-refractivity contribution in [1.29, 1.82) is 0 Å². The predicted molar refractivity (Wildman–Crippen MR) is 155 cm³/mol. The molecule has 3 saturated carbocycles. The van der Waals surface area contributed by atoms with Crippen LogP contribution in [-0.4, -0.2) is 25.2 Å². The number of allylic oxidation sites excluding steroid dienone is 1. The van der Waals surface area contributed by atoms with Crippen LogP contribution in [0.5, 0.6) is 0 Å². The van der Waals surface area contributed by atoms with Crippen LogP contribution in [0.15, 0.2) is 11.6 Å². The van der Waals surface area contributed by atoms with Crippen molar-refractivity contribution < 1.29 is 9.53 Å². The Balaban J connectivity index is 1.41. The Bertz CT molecular complexity index is 817. The van der Waals surface area contributed by atoms with Crippen LogP contribution >= 0.6 is 0 Å². The Kier molecular flexibility index (Phi) is 9.24. The fourth-order valence-electron chi connectivity index (χ4n) is 9.80. The van der Waals surface area contributed by atoms with Crippen LogP contribution in [0.25, 0.3) is 0 Å². The van der Waals surface area contributed by atoms with Gasteiger partial charge in [0.2, 0.25) is 0 Å². The van der Waals surface area contributed by atoms with E-state index in [0.29, 0.717) is 16.7 Å². The van der Waals surface area contributed by atoms with Crippen LogP contribution < -0.4 is 5.32 Å². The van der Waals surface area contributed by atoms with E-state index in [4.69, 9.17) is 4.74 Å². The van der Waals surface area contributed by atoms with E-state index < -0.39 is 0 Å². The second kappa shape index (κ2) is 11.7. The molecule has 0 aromatic rings. The van der Waals surface area contributed by atoms with E-state index in [9.17, 15) is 4.79 Å². The van der Waals surface area contributed by atoms with Gasteiger partial charge in [-0.25, -0.2) is 0 Å². The molecule has 3 fully saturated rings. The summed E-state index contributed by atoms with van der Waals surface area (Å²) in [5.41, 5.74) is 2.47. The highest BCUT2D eigenvalue weighted by Crippen LogP contribution is 2.67. The van der Waals surface area contributed by atoms with Crippen molar-refractivity contribution in [3.8, 4) is 0 Å². The van der Waals surface area contributed by atoms with Crippen molar-refractivity contribution in [2.75, 3.05) is 7.05 Å². The Morgan fingerprint density at radius 1 is 1.00 bits per heavy atom. The molecule has 9 atom stereocenters. The average molecular weight is 514 g/mol. The largest absolute Gasteiger partial charge is 0.461 e. The summed E-state index contributed by atoms with van der Waals surface area (Å²) in [6, 6.07) is -0.183. The Morgan fingerprint density at radius 3 is 2.43 bits per heavy atom. The standard InChI is InChI=1S/C34H59NO2/c1-22(2)10-9-11-24(5)28-14-15-29-27-13-12-25-21-26(37-32(36)31(35-8)20-23(3)4)16-18-33(25,6)30(27)17-19-34(28,29)7/h12,22-24,26-31,35H,9-11,13-21H2,1-8H3/t24-,26+,27+,28-,29+,30+,31?,33+,34-/m1/s1. The summed E-state index contributed by atoms with van der Waals surface area (Å²) in [5.74, 6) is 5.65. The van der Waals surface area contributed by atoms with Gasteiger partial charge in [0.25, 0.3) is 0 Å². The number of nitrogens with one attached hydrogen (secondary N) is 1. The molecule has 37 heavy (non-hydrogen) atoms. The molecule has 0 spiro atoms. The van der Waals surface area contributed by atoms with Gasteiger partial charge in [-0.05, 0) is 111 Å². The van der Waals surface area contributed by atoms with Crippen molar-refractivity contribution in [2.45, 2.75) is 138 Å². The fraction of sp³-hybridized carbons (Fsp3) is 0.912. The zero-order chi connectivity index (χ0) is 27.0. The molecule has 0 radical (unpaired) electrons. The SMILES string of the molecule is CNC(CC(C)C)C(=O)O[C@H]1CC[C@@]2(C)C(=CC[C@H]3[C@@H]4CC[C@H]([C@H](C)CCCC(C)C)[C@@]4(C)CC[C@@H]32)C1. The van der Waals surface area contributed by atoms with Crippen LogP contribution in [0.2, 0.25) is 0 Å². The van der Waals surface area contributed by atoms with Gasteiger partial charge in [0, 0.05) is 6.42 Å². The van der Waals surface area contributed by atoms with Crippen LogP contribution in [0, 0.1) is 52.3 Å². The third-order valence-electron chi connectivity index (χ3n) is 11.9. The van der Waals surface area contributed by atoms with Crippen molar-refractivity contribution >= 4 is 5.97 Å². The van der Waals surface area contributed by atoms with Crippen molar-refractivity contribution in [3.63, 3.8) is 0 Å². The van der Waals surface area contributed by atoms with E-state index in [2.05, 4.69) is 59.9 Å². The lowest BCUT2D eigenvalue weighted by Crippen LogP contribution is -2.51. The molecule has 0 aromatic heterocycles. The second-order valence-electron chi connectivity index (χ2n) is 15.1. The second-order valence-corrected chi connectivity index (χ2v) is 15.1. The van der Waals surface area contributed by atoms with E-state index in [1.165, 1.54) is 57.8 Å². The molecule has 0 bridgehead atoms. The molecular formula is C34H59NO2. The molecule has 0 aromatic carbocycles. The first-order valence-electron chi connectivity index (χ1n) is 16.1. The monoisotopic (exact) mass is 513 g/mol. The first-order chi connectivity index (χ1) is 17.5. The van der Waals surface area contributed by atoms with Gasteiger partial charge >= 0.3 is 5.97 Å². The molecule has 0 heterocycles. The minimum atomic E-state index is -0.183.